The van der Waals surface area contributed by atoms with Crippen LogP contribution in [0.3, 0.4) is 0 Å². The van der Waals surface area contributed by atoms with Crippen molar-refractivity contribution >= 4 is 11.6 Å². The number of hydrazine groups is 1. The lowest BCUT2D eigenvalue weighted by Crippen LogP contribution is -2.39. The third kappa shape index (κ3) is 4.27. The number of rotatable bonds is 5. The van der Waals surface area contributed by atoms with Gasteiger partial charge in [-0.3, -0.25) is 4.79 Å². The summed E-state index contributed by atoms with van der Waals surface area (Å²) in [7, 11) is 0. The lowest BCUT2D eigenvalue weighted by atomic mass is 9.99. The van der Waals surface area contributed by atoms with Crippen molar-refractivity contribution in [3.63, 3.8) is 0 Å². The predicted octanol–water partition coefficient (Wildman–Crippen LogP) is 2.85. The topological polar surface area (TPSA) is 82.6 Å². The summed E-state index contributed by atoms with van der Waals surface area (Å²) < 4.78 is 28.5. The Morgan fingerprint density at radius 2 is 1.96 bits per heavy atom. The molecular weight excluding hydrogens is 344 g/mol. The Morgan fingerprint density at radius 3 is 2.62 bits per heavy atom. The van der Waals surface area contributed by atoms with Crippen LogP contribution in [0.5, 0.6) is 11.5 Å². The number of aryl methyl sites for hydroxylation is 1. The normalized spacial score (nSPS) is 19.5. The van der Waals surface area contributed by atoms with Gasteiger partial charge in [-0.1, -0.05) is 12.1 Å². The lowest BCUT2D eigenvalue weighted by Gasteiger charge is -2.12. The van der Waals surface area contributed by atoms with Crippen molar-refractivity contribution in [1.82, 2.24) is 10.9 Å². The number of phenolic OH excluding ortho intramolecular Hbond substituents is 1. The Hall–Kier alpha value is -2.71. The van der Waals surface area contributed by atoms with E-state index in [1.54, 1.807) is 6.07 Å². The molecule has 3 rings (SSSR count). The number of alkyl halides is 2. The van der Waals surface area contributed by atoms with Crippen LogP contribution >= 0.6 is 0 Å². The van der Waals surface area contributed by atoms with E-state index in [0.29, 0.717) is 17.7 Å². The van der Waals surface area contributed by atoms with Crippen LogP contribution in [0, 0.1) is 6.92 Å². The molecule has 0 saturated carbocycles. The number of hydrogen-bond donors (Lipinski definition) is 4. The first-order valence-electron chi connectivity index (χ1n) is 8.08. The third-order valence-corrected chi connectivity index (χ3v) is 4.13. The summed E-state index contributed by atoms with van der Waals surface area (Å²) >= 11 is 0. The van der Waals surface area contributed by atoms with Crippen LogP contribution in [0.2, 0.25) is 0 Å². The number of carbonyl (C=O) groups is 1. The van der Waals surface area contributed by atoms with Crippen LogP contribution in [0.4, 0.5) is 14.5 Å². The summed E-state index contributed by atoms with van der Waals surface area (Å²) in [5, 5.41) is 12.8. The second-order valence-corrected chi connectivity index (χ2v) is 6.08. The number of halogens is 2. The first-order chi connectivity index (χ1) is 12.4. The van der Waals surface area contributed by atoms with Crippen molar-refractivity contribution in [1.29, 1.82) is 0 Å². The van der Waals surface area contributed by atoms with E-state index in [4.69, 9.17) is 0 Å². The molecule has 138 valence electrons. The van der Waals surface area contributed by atoms with Crippen LogP contribution in [0.1, 0.15) is 23.6 Å². The van der Waals surface area contributed by atoms with Gasteiger partial charge >= 0.3 is 6.61 Å². The van der Waals surface area contributed by atoms with Crippen molar-refractivity contribution in [2.75, 3.05) is 5.32 Å². The number of hydrogen-bond acceptors (Lipinski definition) is 5. The largest absolute Gasteiger partial charge is 0.508 e. The molecule has 2 unspecified atom stereocenters. The molecule has 2 atom stereocenters. The molecule has 1 saturated heterocycles. The van der Waals surface area contributed by atoms with Crippen molar-refractivity contribution < 1.29 is 23.4 Å². The molecule has 26 heavy (non-hydrogen) atoms. The molecule has 0 spiro atoms. The number of carbonyl (C=O) groups excluding carboxylic acids is 1. The SMILES string of the molecule is Cc1ccc(C2CC(C(=O)Nc3ccc(OC(F)F)cc3)NN2)c(O)c1. The summed E-state index contributed by atoms with van der Waals surface area (Å²) in [6.07, 6.45) is 0.453. The molecule has 0 bridgehead atoms. The number of nitrogens with one attached hydrogen (secondary N) is 3. The summed E-state index contributed by atoms with van der Waals surface area (Å²) in [4.78, 5) is 12.4. The Bertz CT molecular complexity index is 784. The van der Waals surface area contributed by atoms with E-state index in [2.05, 4.69) is 20.9 Å². The number of amides is 1. The number of anilines is 1. The van der Waals surface area contributed by atoms with Gasteiger partial charge in [-0.15, -0.1) is 0 Å². The van der Waals surface area contributed by atoms with E-state index >= 15 is 0 Å². The highest BCUT2D eigenvalue weighted by atomic mass is 19.3. The minimum Gasteiger partial charge on any atom is -0.508 e. The van der Waals surface area contributed by atoms with Gasteiger partial charge in [0.1, 0.15) is 17.5 Å². The fraction of sp³-hybridized carbons (Fsp3) is 0.278. The number of benzene rings is 2. The molecule has 4 N–H and O–H groups in total. The molecule has 0 radical (unpaired) electrons. The standard InChI is InChI=1S/C18H19F2N3O3/c1-10-2-7-13(16(24)8-10)14-9-15(23-22-14)17(25)21-11-3-5-12(6-4-11)26-18(19)20/h2-8,14-15,18,22-24H,9H2,1H3,(H,21,25). The molecule has 2 aromatic rings. The Labute approximate surface area is 149 Å². The zero-order chi connectivity index (χ0) is 18.7. The fourth-order valence-corrected chi connectivity index (χ4v) is 2.83. The molecule has 1 fully saturated rings. The van der Waals surface area contributed by atoms with Crippen molar-refractivity contribution in [3.8, 4) is 11.5 Å². The molecule has 1 amide bonds. The fourth-order valence-electron chi connectivity index (χ4n) is 2.83. The third-order valence-electron chi connectivity index (χ3n) is 4.13. The quantitative estimate of drug-likeness (QED) is 0.657. The molecule has 6 nitrogen and oxygen atoms in total. The molecular formula is C18H19F2N3O3. The van der Waals surface area contributed by atoms with Gasteiger partial charge in [0.05, 0.1) is 6.04 Å². The van der Waals surface area contributed by atoms with Gasteiger partial charge < -0.3 is 15.2 Å². The zero-order valence-corrected chi connectivity index (χ0v) is 14.0. The van der Waals surface area contributed by atoms with Crippen LogP contribution in [0.25, 0.3) is 0 Å². The van der Waals surface area contributed by atoms with Gasteiger partial charge in [-0.05, 0) is 49.2 Å². The van der Waals surface area contributed by atoms with Gasteiger partial charge in [0.25, 0.3) is 0 Å². The summed E-state index contributed by atoms with van der Waals surface area (Å²) in [6.45, 7) is -1.00. The summed E-state index contributed by atoms with van der Waals surface area (Å²) in [5.41, 5.74) is 8.05. The minimum absolute atomic E-state index is 0.0218. The maximum Gasteiger partial charge on any atom is 0.387 e. The van der Waals surface area contributed by atoms with Crippen LogP contribution in [-0.2, 0) is 4.79 Å². The van der Waals surface area contributed by atoms with Crippen LogP contribution < -0.4 is 20.9 Å². The lowest BCUT2D eigenvalue weighted by molar-refractivity contribution is -0.117. The van der Waals surface area contributed by atoms with Gasteiger partial charge in [0.15, 0.2) is 0 Å². The number of ether oxygens (including phenoxy) is 1. The average molecular weight is 363 g/mol. The number of aromatic hydroxyl groups is 1. The van der Waals surface area contributed by atoms with Crippen LogP contribution in [-0.4, -0.2) is 23.7 Å². The first-order valence-corrected chi connectivity index (χ1v) is 8.08. The predicted molar refractivity (Wildman–Crippen MR) is 92.0 cm³/mol. The molecule has 8 heteroatoms. The van der Waals surface area contributed by atoms with E-state index in [0.717, 1.165) is 5.56 Å². The highest BCUT2D eigenvalue weighted by molar-refractivity contribution is 5.95. The molecule has 0 aliphatic carbocycles. The summed E-state index contributed by atoms with van der Waals surface area (Å²) in [6, 6.07) is 10.4. The molecule has 0 aromatic heterocycles. The Balaban J connectivity index is 1.59. The van der Waals surface area contributed by atoms with Gasteiger partial charge in [-0.25, -0.2) is 10.9 Å². The minimum atomic E-state index is -2.89. The Kier molecular flexibility index (Phi) is 5.34. The molecule has 1 aliphatic heterocycles. The summed E-state index contributed by atoms with van der Waals surface area (Å²) in [5.74, 6) is -0.0670. The second-order valence-electron chi connectivity index (χ2n) is 6.08. The highest BCUT2D eigenvalue weighted by Gasteiger charge is 2.31. The van der Waals surface area contributed by atoms with E-state index in [1.165, 1.54) is 24.3 Å². The maximum absolute atomic E-state index is 12.4. The van der Waals surface area contributed by atoms with Gasteiger partial charge in [0.2, 0.25) is 5.91 Å². The van der Waals surface area contributed by atoms with Crippen molar-refractivity contribution in [2.45, 2.75) is 32.0 Å². The van der Waals surface area contributed by atoms with E-state index < -0.39 is 12.7 Å². The first kappa shape index (κ1) is 18.1. The molecule has 1 heterocycles. The van der Waals surface area contributed by atoms with E-state index in [9.17, 15) is 18.7 Å². The van der Waals surface area contributed by atoms with E-state index in [1.807, 2.05) is 19.1 Å². The smallest absolute Gasteiger partial charge is 0.387 e. The maximum atomic E-state index is 12.4. The van der Waals surface area contributed by atoms with Gasteiger partial charge in [0, 0.05) is 11.3 Å². The number of phenols is 1. The molecule has 1 aliphatic rings. The van der Waals surface area contributed by atoms with Crippen molar-refractivity contribution in [3.05, 3.63) is 53.6 Å². The highest BCUT2D eigenvalue weighted by Crippen LogP contribution is 2.30. The average Bonchev–Trinajstić information content (AvgIpc) is 3.06. The molecule has 2 aromatic carbocycles. The van der Waals surface area contributed by atoms with Gasteiger partial charge in [-0.2, -0.15) is 8.78 Å². The monoisotopic (exact) mass is 363 g/mol. The van der Waals surface area contributed by atoms with Crippen molar-refractivity contribution in [2.24, 2.45) is 0 Å². The second kappa shape index (κ2) is 7.67. The van der Waals surface area contributed by atoms with E-state index in [-0.39, 0.29) is 23.4 Å². The van der Waals surface area contributed by atoms with Crippen LogP contribution in [0.15, 0.2) is 42.5 Å². The Morgan fingerprint density at radius 1 is 1.23 bits per heavy atom. The zero-order valence-electron chi connectivity index (χ0n) is 14.0.